The van der Waals surface area contributed by atoms with E-state index in [9.17, 15) is 13.2 Å². The first-order valence-electron chi connectivity index (χ1n) is 7.81. The SMILES string of the molecule is CS(=O)(=O)c1cc(C(=O)NCc2cnn(-c3ccc(Cl)cc3)c2)ccc1Cl. The summed E-state index contributed by atoms with van der Waals surface area (Å²) < 4.78 is 25.1. The van der Waals surface area contributed by atoms with Crippen LogP contribution in [0.5, 0.6) is 0 Å². The molecule has 0 unspecified atom stereocenters. The Balaban J connectivity index is 1.71. The summed E-state index contributed by atoms with van der Waals surface area (Å²) in [6.45, 7) is 0.239. The minimum absolute atomic E-state index is 0.0765. The Labute approximate surface area is 166 Å². The summed E-state index contributed by atoms with van der Waals surface area (Å²) in [4.78, 5) is 12.3. The van der Waals surface area contributed by atoms with E-state index in [1.54, 1.807) is 29.2 Å². The lowest BCUT2D eigenvalue weighted by Crippen LogP contribution is -2.22. The molecule has 6 nitrogen and oxygen atoms in total. The summed E-state index contributed by atoms with van der Waals surface area (Å²) in [5.41, 5.74) is 1.84. The Hall–Kier alpha value is -2.35. The van der Waals surface area contributed by atoms with Crippen LogP contribution in [0.3, 0.4) is 0 Å². The summed E-state index contributed by atoms with van der Waals surface area (Å²) in [7, 11) is -3.52. The number of rotatable bonds is 5. The van der Waals surface area contributed by atoms with E-state index < -0.39 is 15.7 Å². The molecule has 140 valence electrons. The van der Waals surface area contributed by atoms with Gasteiger partial charge in [0.25, 0.3) is 5.91 Å². The maximum atomic E-state index is 12.3. The van der Waals surface area contributed by atoms with E-state index in [0.717, 1.165) is 17.5 Å². The molecular weight excluding hydrogens is 409 g/mol. The molecule has 0 atom stereocenters. The van der Waals surface area contributed by atoms with Crippen molar-refractivity contribution in [3.63, 3.8) is 0 Å². The highest BCUT2D eigenvalue weighted by molar-refractivity contribution is 7.90. The molecule has 0 aliphatic carbocycles. The molecule has 9 heteroatoms. The summed E-state index contributed by atoms with van der Waals surface area (Å²) in [6.07, 6.45) is 4.47. The van der Waals surface area contributed by atoms with Gasteiger partial charge in [0.05, 0.1) is 21.8 Å². The molecule has 1 N–H and O–H groups in total. The van der Waals surface area contributed by atoms with E-state index in [0.29, 0.717) is 5.02 Å². The van der Waals surface area contributed by atoms with Gasteiger partial charge in [-0.1, -0.05) is 23.2 Å². The Morgan fingerprint density at radius 1 is 1.15 bits per heavy atom. The van der Waals surface area contributed by atoms with Gasteiger partial charge >= 0.3 is 0 Å². The third-order valence-electron chi connectivity index (χ3n) is 3.77. The molecule has 0 saturated carbocycles. The number of nitrogens with zero attached hydrogens (tertiary/aromatic N) is 2. The molecule has 1 aromatic heterocycles. The third-order valence-corrected chi connectivity index (χ3v) is 5.60. The zero-order valence-corrected chi connectivity index (χ0v) is 16.5. The average molecular weight is 424 g/mol. The van der Waals surface area contributed by atoms with Gasteiger partial charge in [0.15, 0.2) is 9.84 Å². The maximum Gasteiger partial charge on any atom is 0.251 e. The first-order valence-corrected chi connectivity index (χ1v) is 10.5. The lowest BCUT2D eigenvalue weighted by Gasteiger charge is -2.07. The van der Waals surface area contributed by atoms with Crippen LogP contribution in [0.1, 0.15) is 15.9 Å². The van der Waals surface area contributed by atoms with Gasteiger partial charge in [-0.2, -0.15) is 5.10 Å². The van der Waals surface area contributed by atoms with Crippen molar-refractivity contribution < 1.29 is 13.2 Å². The maximum absolute atomic E-state index is 12.3. The van der Waals surface area contributed by atoms with E-state index in [1.165, 1.54) is 18.2 Å². The predicted octanol–water partition coefficient (Wildman–Crippen LogP) is 3.51. The van der Waals surface area contributed by atoms with Gasteiger partial charge in [0.2, 0.25) is 0 Å². The van der Waals surface area contributed by atoms with E-state index in [1.807, 2.05) is 12.1 Å². The second-order valence-corrected chi connectivity index (χ2v) is 8.70. The van der Waals surface area contributed by atoms with Gasteiger partial charge in [-0.15, -0.1) is 0 Å². The van der Waals surface area contributed by atoms with Crippen LogP contribution in [0.2, 0.25) is 10.0 Å². The molecule has 0 fully saturated rings. The van der Waals surface area contributed by atoms with E-state index >= 15 is 0 Å². The Morgan fingerprint density at radius 3 is 2.52 bits per heavy atom. The van der Waals surface area contributed by atoms with Gasteiger partial charge in [0, 0.05) is 35.1 Å². The fourth-order valence-electron chi connectivity index (χ4n) is 2.40. The molecule has 1 amide bonds. The fraction of sp³-hybridized carbons (Fsp3) is 0.111. The number of carbonyl (C=O) groups excluding carboxylic acids is 1. The number of hydrogen-bond acceptors (Lipinski definition) is 4. The normalized spacial score (nSPS) is 11.4. The number of carbonyl (C=O) groups is 1. The molecule has 0 saturated heterocycles. The minimum Gasteiger partial charge on any atom is -0.348 e. The number of halogens is 2. The lowest BCUT2D eigenvalue weighted by molar-refractivity contribution is 0.0950. The summed E-state index contributed by atoms with van der Waals surface area (Å²) in [6, 6.07) is 11.3. The van der Waals surface area contributed by atoms with Crippen molar-refractivity contribution in [2.75, 3.05) is 6.26 Å². The highest BCUT2D eigenvalue weighted by Crippen LogP contribution is 2.22. The van der Waals surface area contributed by atoms with Crippen LogP contribution in [0.15, 0.2) is 59.8 Å². The standard InChI is InChI=1S/C18H15Cl2N3O3S/c1-27(25,26)17-8-13(2-7-16(17)20)18(24)21-9-12-10-22-23(11-12)15-5-3-14(19)4-6-15/h2-8,10-11H,9H2,1H3,(H,21,24). The second kappa shape index (κ2) is 7.72. The van der Waals surface area contributed by atoms with Crippen molar-refractivity contribution >= 4 is 38.9 Å². The molecule has 2 aromatic carbocycles. The van der Waals surface area contributed by atoms with E-state index in [4.69, 9.17) is 23.2 Å². The molecule has 0 spiro atoms. The summed E-state index contributed by atoms with van der Waals surface area (Å²) >= 11 is 11.8. The topological polar surface area (TPSA) is 81.1 Å². The van der Waals surface area contributed by atoms with Gasteiger partial charge in [-0.3, -0.25) is 4.79 Å². The number of hydrogen-bond donors (Lipinski definition) is 1. The van der Waals surface area contributed by atoms with Crippen LogP contribution in [0.25, 0.3) is 5.69 Å². The first-order chi connectivity index (χ1) is 12.7. The van der Waals surface area contributed by atoms with Crippen LogP contribution >= 0.6 is 23.2 Å². The van der Waals surface area contributed by atoms with Crippen LogP contribution < -0.4 is 5.32 Å². The fourth-order valence-corrected chi connectivity index (χ4v) is 3.83. The Bertz CT molecular complexity index is 1090. The molecule has 1 heterocycles. The molecular formula is C18H15Cl2N3O3S. The van der Waals surface area contributed by atoms with Gasteiger partial charge in [0.1, 0.15) is 0 Å². The van der Waals surface area contributed by atoms with Crippen LogP contribution in [-0.4, -0.2) is 30.4 Å². The number of nitrogens with one attached hydrogen (secondary N) is 1. The van der Waals surface area contributed by atoms with Crippen molar-refractivity contribution in [1.29, 1.82) is 0 Å². The van der Waals surface area contributed by atoms with Crippen molar-refractivity contribution in [2.24, 2.45) is 0 Å². The monoisotopic (exact) mass is 423 g/mol. The van der Waals surface area contributed by atoms with Crippen molar-refractivity contribution in [3.05, 3.63) is 76.0 Å². The predicted molar refractivity (Wildman–Crippen MR) is 104 cm³/mol. The van der Waals surface area contributed by atoms with Crippen molar-refractivity contribution in [3.8, 4) is 5.69 Å². The largest absolute Gasteiger partial charge is 0.348 e. The van der Waals surface area contributed by atoms with Crippen molar-refractivity contribution in [2.45, 2.75) is 11.4 Å². The Morgan fingerprint density at radius 2 is 1.85 bits per heavy atom. The number of amides is 1. The third kappa shape index (κ3) is 4.68. The quantitative estimate of drug-likeness (QED) is 0.680. The van der Waals surface area contributed by atoms with E-state index in [2.05, 4.69) is 10.4 Å². The number of aromatic nitrogens is 2. The van der Waals surface area contributed by atoms with Crippen molar-refractivity contribution in [1.82, 2.24) is 15.1 Å². The van der Waals surface area contributed by atoms with Gasteiger partial charge in [-0.25, -0.2) is 13.1 Å². The zero-order chi connectivity index (χ0) is 19.6. The summed E-state index contributed by atoms with van der Waals surface area (Å²) in [5, 5.41) is 7.70. The molecule has 0 bridgehead atoms. The highest BCUT2D eigenvalue weighted by Gasteiger charge is 2.16. The molecule has 0 aliphatic heterocycles. The molecule has 0 aliphatic rings. The van der Waals surface area contributed by atoms with E-state index in [-0.39, 0.29) is 22.0 Å². The van der Waals surface area contributed by atoms with Crippen LogP contribution in [-0.2, 0) is 16.4 Å². The second-order valence-electron chi connectivity index (χ2n) is 5.87. The van der Waals surface area contributed by atoms with Gasteiger partial charge < -0.3 is 5.32 Å². The lowest BCUT2D eigenvalue weighted by atomic mass is 10.2. The van der Waals surface area contributed by atoms with Crippen LogP contribution in [0, 0.1) is 0 Å². The smallest absolute Gasteiger partial charge is 0.251 e. The molecule has 3 aromatic rings. The number of benzene rings is 2. The number of sulfone groups is 1. The van der Waals surface area contributed by atoms with Crippen LogP contribution in [0.4, 0.5) is 0 Å². The molecule has 0 radical (unpaired) electrons. The highest BCUT2D eigenvalue weighted by atomic mass is 35.5. The average Bonchev–Trinajstić information content (AvgIpc) is 3.08. The molecule has 3 rings (SSSR count). The zero-order valence-electron chi connectivity index (χ0n) is 14.2. The molecule has 27 heavy (non-hydrogen) atoms. The first kappa shape index (κ1) is 19.4. The minimum atomic E-state index is -3.52. The Kier molecular flexibility index (Phi) is 5.55. The van der Waals surface area contributed by atoms with Gasteiger partial charge in [-0.05, 0) is 42.5 Å². The summed E-state index contributed by atoms with van der Waals surface area (Å²) in [5.74, 6) is -0.407.